The van der Waals surface area contributed by atoms with Gasteiger partial charge in [0.1, 0.15) is 0 Å². The molecule has 1 unspecified atom stereocenters. The SMILES string of the molecule is CC1OCCNCC12CC2. The molecule has 1 aliphatic carbocycles. The summed E-state index contributed by atoms with van der Waals surface area (Å²) < 4.78 is 5.62. The molecule has 2 rings (SSSR count). The van der Waals surface area contributed by atoms with Gasteiger partial charge in [-0.2, -0.15) is 0 Å². The van der Waals surface area contributed by atoms with Gasteiger partial charge in [0.05, 0.1) is 12.7 Å². The maximum Gasteiger partial charge on any atom is 0.0615 e. The molecule has 1 N–H and O–H groups in total. The van der Waals surface area contributed by atoms with E-state index in [0.717, 1.165) is 13.2 Å². The number of ether oxygens (including phenoxy) is 1. The van der Waals surface area contributed by atoms with Gasteiger partial charge in [-0.05, 0) is 19.8 Å². The van der Waals surface area contributed by atoms with Crippen molar-refractivity contribution >= 4 is 0 Å². The van der Waals surface area contributed by atoms with Crippen LogP contribution in [0.3, 0.4) is 0 Å². The third-order valence-corrected chi connectivity index (χ3v) is 2.88. The Hall–Kier alpha value is -0.0800. The Kier molecular flexibility index (Phi) is 1.46. The lowest BCUT2D eigenvalue weighted by molar-refractivity contribution is 0.0362. The summed E-state index contributed by atoms with van der Waals surface area (Å²) in [6.07, 6.45) is 3.21. The molecule has 2 heteroatoms. The molecule has 0 bridgehead atoms. The molecule has 0 amide bonds. The van der Waals surface area contributed by atoms with Crippen LogP contribution < -0.4 is 5.32 Å². The van der Waals surface area contributed by atoms with Gasteiger partial charge in [0.15, 0.2) is 0 Å². The van der Waals surface area contributed by atoms with Crippen LogP contribution in [0.4, 0.5) is 0 Å². The highest BCUT2D eigenvalue weighted by atomic mass is 16.5. The van der Waals surface area contributed by atoms with E-state index in [4.69, 9.17) is 4.74 Å². The van der Waals surface area contributed by atoms with Crippen LogP contribution in [0.5, 0.6) is 0 Å². The first kappa shape index (κ1) is 6.62. The monoisotopic (exact) mass is 141 g/mol. The quantitative estimate of drug-likeness (QED) is 0.538. The minimum atomic E-state index is 0.488. The third kappa shape index (κ3) is 0.956. The fourth-order valence-electron chi connectivity index (χ4n) is 1.71. The highest BCUT2D eigenvalue weighted by Gasteiger charge is 2.48. The van der Waals surface area contributed by atoms with Gasteiger partial charge in [0, 0.05) is 18.5 Å². The van der Waals surface area contributed by atoms with E-state index in [1.165, 1.54) is 19.4 Å². The zero-order valence-corrected chi connectivity index (χ0v) is 6.52. The molecular formula is C8H15NO. The molecule has 1 aliphatic heterocycles. The lowest BCUT2D eigenvalue weighted by Crippen LogP contribution is -2.28. The summed E-state index contributed by atoms with van der Waals surface area (Å²) in [5.41, 5.74) is 0.538. The number of nitrogens with one attached hydrogen (secondary N) is 1. The molecule has 1 heterocycles. The van der Waals surface area contributed by atoms with Crippen molar-refractivity contribution in [1.29, 1.82) is 0 Å². The molecule has 0 radical (unpaired) electrons. The molecule has 10 heavy (non-hydrogen) atoms. The molecule has 1 atom stereocenters. The van der Waals surface area contributed by atoms with E-state index >= 15 is 0 Å². The van der Waals surface area contributed by atoms with Crippen LogP contribution in [-0.4, -0.2) is 25.8 Å². The molecule has 1 spiro atoms. The van der Waals surface area contributed by atoms with E-state index in [-0.39, 0.29) is 0 Å². The van der Waals surface area contributed by atoms with E-state index in [1.54, 1.807) is 0 Å². The molecule has 0 aromatic heterocycles. The summed E-state index contributed by atoms with van der Waals surface area (Å²) in [5, 5.41) is 3.41. The Bertz CT molecular complexity index is 131. The van der Waals surface area contributed by atoms with Crippen molar-refractivity contribution in [3.63, 3.8) is 0 Å². The van der Waals surface area contributed by atoms with Crippen molar-refractivity contribution in [3.8, 4) is 0 Å². The van der Waals surface area contributed by atoms with Gasteiger partial charge < -0.3 is 10.1 Å². The first-order valence-corrected chi connectivity index (χ1v) is 4.16. The van der Waals surface area contributed by atoms with Crippen LogP contribution in [0, 0.1) is 5.41 Å². The number of hydrogen-bond acceptors (Lipinski definition) is 2. The normalized spacial score (nSPS) is 37.5. The Morgan fingerprint density at radius 2 is 2.30 bits per heavy atom. The fourth-order valence-corrected chi connectivity index (χ4v) is 1.71. The standard InChI is InChI=1S/C8H15NO/c1-7-8(2-3-8)6-9-4-5-10-7/h7,9H,2-6H2,1H3. The molecule has 2 nitrogen and oxygen atoms in total. The second-order valence-corrected chi connectivity index (χ2v) is 3.55. The van der Waals surface area contributed by atoms with Crippen LogP contribution in [0.2, 0.25) is 0 Å². The van der Waals surface area contributed by atoms with E-state index in [0.29, 0.717) is 11.5 Å². The van der Waals surface area contributed by atoms with Crippen molar-refractivity contribution in [2.75, 3.05) is 19.7 Å². The fraction of sp³-hybridized carbons (Fsp3) is 1.00. The van der Waals surface area contributed by atoms with Crippen LogP contribution in [-0.2, 0) is 4.74 Å². The van der Waals surface area contributed by atoms with Crippen LogP contribution in [0.15, 0.2) is 0 Å². The maximum absolute atomic E-state index is 5.62. The minimum absolute atomic E-state index is 0.488. The second-order valence-electron chi connectivity index (χ2n) is 3.55. The Morgan fingerprint density at radius 1 is 1.50 bits per heavy atom. The van der Waals surface area contributed by atoms with Gasteiger partial charge in [0.25, 0.3) is 0 Å². The van der Waals surface area contributed by atoms with Gasteiger partial charge in [-0.3, -0.25) is 0 Å². The summed E-state index contributed by atoms with van der Waals surface area (Å²) >= 11 is 0. The van der Waals surface area contributed by atoms with Crippen molar-refractivity contribution < 1.29 is 4.74 Å². The molecule has 1 saturated heterocycles. The second kappa shape index (κ2) is 2.21. The molecule has 0 aromatic carbocycles. The highest BCUT2D eigenvalue weighted by Crippen LogP contribution is 2.49. The highest BCUT2D eigenvalue weighted by molar-refractivity contribution is 5.00. The van der Waals surface area contributed by atoms with Gasteiger partial charge in [-0.15, -0.1) is 0 Å². The lowest BCUT2D eigenvalue weighted by atomic mass is 10.0. The number of hydrogen-bond donors (Lipinski definition) is 1. The summed E-state index contributed by atoms with van der Waals surface area (Å²) in [6, 6.07) is 0. The van der Waals surface area contributed by atoms with Crippen LogP contribution in [0.1, 0.15) is 19.8 Å². The molecule has 2 fully saturated rings. The molecule has 2 aliphatic rings. The zero-order valence-electron chi connectivity index (χ0n) is 6.52. The Morgan fingerprint density at radius 3 is 3.00 bits per heavy atom. The smallest absolute Gasteiger partial charge is 0.0615 e. The van der Waals surface area contributed by atoms with Crippen LogP contribution >= 0.6 is 0 Å². The molecule has 58 valence electrons. The lowest BCUT2D eigenvalue weighted by Gasteiger charge is -2.18. The average molecular weight is 141 g/mol. The van der Waals surface area contributed by atoms with E-state index in [2.05, 4.69) is 12.2 Å². The molecular weight excluding hydrogens is 126 g/mol. The largest absolute Gasteiger partial charge is 0.377 e. The first-order chi connectivity index (χ1) is 4.83. The minimum Gasteiger partial charge on any atom is -0.377 e. The van der Waals surface area contributed by atoms with Crippen molar-refractivity contribution in [2.45, 2.75) is 25.9 Å². The maximum atomic E-state index is 5.62. The third-order valence-electron chi connectivity index (χ3n) is 2.88. The predicted octanol–water partition coefficient (Wildman–Crippen LogP) is 0.775. The summed E-state index contributed by atoms with van der Waals surface area (Å²) in [6.45, 7) is 5.31. The summed E-state index contributed by atoms with van der Waals surface area (Å²) in [5.74, 6) is 0. The predicted molar refractivity (Wildman–Crippen MR) is 40.0 cm³/mol. The summed E-state index contributed by atoms with van der Waals surface area (Å²) in [7, 11) is 0. The van der Waals surface area contributed by atoms with Crippen molar-refractivity contribution in [2.24, 2.45) is 5.41 Å². The van der Waals surface area contributed by atoms with Gasteiger partial charge in [-0.1, -0.05) is 0 Å². The first-order valence-electron chi connectivity index (χ1n) is 4.16. The molecule has 1 saturated carbocycles. The zero-order chi connectivity index (χ0) is 7.03. The molecule has 0 aromatic rings. The summed E-state index contributed by atoms with van der Waals surface area (Å²) in [4.78, 5) is 0. The van der Waals surface area contributed by atoms with Gasteiger partial charge in [0.2, 0.25) is 0 Å². The Balaban J connectivity index is 2.02. The van der Waals surface area contributed by atoms with Crippen molar-refractivity contribution in [1.82, 2.24) is 5.32 Å². The van der Waals surface area contributed by atoms with Crippen LogP contribution in [0.25, 0.3) is 0 Å². The van der Waals surface area contributed by atoms with Gasteiger partial charge >= 0.3 is 0 Å². The van der Waals surface area contributed by atoms with E-state index < -0.39 is 0 Å². The van der Waals surface area contributed by atoms with E-state index in [9.17, 15) is 0 Å². The number of rotatable bonds is 0. The Labute approximate surface area is 61.9 Å². The van der Waals surface area contributed by atoms with Crippen molar-refractivity contribution in [3.05, 3.63) is 0 Å². The van der Waals surface area contributed by atoms with E-state index in [1.807, 2.05) is 0 Å². The van der Waals surface area contributed by atoms with Gasteiger partial charge in [-0.25, -0.2) is 0 Å². The topological polar surface area (TPSA) is 21.3 Å². The average Bonchev–Trinajstić information content (AvgIpc) is 2.69.